The normalized spacial score (nSPS) is 25.8. The summed E-state index contributed by atoms with van der Waals surface area (Å²) in [4.78, 5) is 2.31. The Morgan fingerprint density at radius 1 is 1.19 bits per heavy atom. The average molecular weight is 300 g/mol. The first-order valence-corrected chi connectivity index (χ1v) is 7.42. The van der Waals surface area contributed by atoms with Gasteiger partial charge in [-0.25, -0.2) is 0 Å². The van der Waals surface area contributed by atoms with Crippen molar-refractivity contribution >= 4 is 0 Å². The molecule has 0 spiro atoms. The van der Waals surface area contributed by atoms with Crippen LogP contribution in [0.4, 0.5) is 13.2 Å². The van der Waals surface area contributed by atoms with Gasteiger partial charge in [-0.2, -0.15) is 13.2 Å². The topological polar surface area (TPSA) is 29.3 Å². The Hall–Kier alpha value is -1.07. The van der Waals surface area contributed by atoms with Crippen LogP contribution in [0.5, 0.6) is 0 Å². The van der Waals surface area contributed by atoms with Crippen molar-refractivity contribution in [3.8, 4) is 0 Å². The third-order valence-corrected chi connectivity index (χ3v) is 4.54. The molecule has 5 heteroatoms. The van der Waals surface area contributed by atoms with Crippen LogP contribution in [0, 0.1) is 11.8 Å². The number of benzene rings is 1. The molecule has 1 fully saturated rings. The molecule has 1 saturated heterocycles. The van der Waals surface area contributed by atoms with Gasteiger partial charge in [0, 0.05) is 19.1 Å². The van der Waals surface area contributed by atoms with Gasteiger partial charge in [-0.05, 0) is 42.5 Å². The quantitative estimate of drug-likeness (QED) is 0.922. The van der Waals surface area contributed by atoms with Crippen molar-refractivity contribution in [1.82, 2.24) is 4.90 Å². The summed E-state index contributed by atoms with van der Waals surface area (Å²) in [6, 6.07) is 4.95. The van der Waals surface area contributed by atoms with E-state index in [9.17, 15) is 13.2 Å². The van der Waals surface area contributed by atoms with E-state index in [4.69, 9.17) is 5.73 Å². The van der Waals surface area contributed by atoms with Crippen LogP contribution in [0.1, 0.15) is 37.4 Å². The molecule has 2 N–H and O–H groups in total. The van der Waals surface area contributed by atoms with Gasteiger partial charge in [0.05, 0.1) is 5.56 Å². The summed E-state index contributed by atoms with van der Waals surface area (Å²) in [5, 5.41) is 0. The maximum Gasteiger partial charge on any atom is 0.416 e. The Morgan fingerprint density at radius 2 is 1.81 bits per heavy atom. The van der Waals surface area contributed by atoms with Gasteiger partial charge in [0.1, 0.15) is 0 Å². The molecule has 118 valence electrons. The molecule has 0 radical (unpaired) electrons. The van der Waals surface area contributed by atoms with Gasteiger partial charge in [-0.15, -0.1) is 0 Å². The number of halogens is 3. The fourth-order valence-electron chi connectivity index (χ4n) is 2.82. The summed E-state index contributed by atoms with van der Waals surface area (Å²) in [6.07, 6.45) is -3.14. The van der Waals surface area contributed by atoms with E-state index < -0.39 is 11.7 Å². The molecule has 1 aromatic rings. The van der Waals surface area contributed by atoms with E-state index in [2.05, 4.69) is 18.7 Å². The van der Waals surface area contributed by atoms with E-state index in [0.29, 0.717) is 12.5 Å². The maximum atomic E-state index is 12.5. The van der Waals surface area contributed by atoms with Gasteiger partial charge in [0.2, 0.25) is 0 Å². The predicted molar refractivity (Wildman–Crippen MR) is 77.8 cm³/mol. The second kappa shape index (κ2) is 6.36. The second-order valence-corrected chi connectivity index (χ2v) is 6.23. The number of hydrogen-bond donors (Lipinski definition) is 1. The summed E-state index contributed by atoms with van der Waals surface area (Å²) in [7, 11) is 0. The summed E-state index contributed by atoms with van der Waals surface area (Å²) >= 11 is 0. The minimum atomic E-state index is -4.29. The van der Waals surface area contributed by atoms with Gasteiger partial charge in [-0.1, -0.05) is 26.0 Å². The van der Waals surface area contributed by atoms with E-state index in [1.165, 1.54) is 12.1 Å². The minimum absolute atomic E-state index is 0.243. The van der Waals surface area contributed by atoms with Crippen molar-refractivity contribution in [2.75, 3.05) is 19.6 Å². The third-order valence-electron chi connectivity index (χ3n) is 4.54. The van der Waals surface area contributed by atoms with Gasteiger partial charge >= 0.3 is 6.18 Å². The zero-order chi connectivity index (χ0) is 15.6. The van der Waals surface area contributed by atoms with Crippen LogP contribution in [0.25, 0.3) is 0 Å². The maximum absolute atomic E-state index is 12.5. The molecule has 0 aliphatic carbocycles. The van der Waals surface area contributed by atoms with E-state index in [1.807, 2.05) is 0 Å². The van der Waals surface area contributed by atoms with E-state index in [-0.39, 0.29) is 6.04 Å². The van der Waals surface area contributed by atoms with Crippen LogP contribution in [-0.2, 0) is 6.18 Å². The molecule has 2 rings (SSSR count). The molecule has 1 aromatic carbocycles. The fourth-order valence-corrected chi connectivity index (χ4v) is 2.82. The Labute approximate surface area is 124 Å². The molecule has 1 aliphatic rings. The lowest BCUT2D eigenvalue weighted by atomic mass is 9.88. The molecule has 1 aliphatic heterocycles. The fraction of sp³-hybridized carbons (Fsp3) is 0.625. The highest BCUT2D eigenvalue weighted by atomic mass is 19.4. The number of rotatable bonds is 3. The largest absolute Gasteiger partial charge is 0.416 e. The zero-order valence-electron chi connectivity index (χ0n) is 12.5. The highest BCUT2D eigenvalue weighted by molar-refractivity contribution is 5.26. The number of alkyl halides is 3. The Kier molecular flexibility index (Phi) is 4.94. The molecular formula is C16H23F3N2. The first-order chi connectivity index (χ1) is 9.77. The number of nitrogens with zero attached hydrogens (tertiary/aromatic N) is 1. The molecule has 1 heterocycles. The average Bonchev–Trinajstić information content (AvgIpc) is 2.42. The smallest absolute Gasteiger partial charge is 0.323 e. The van der Waals surface area contributed by atoms with Gasteiger partial charge in [0.15, 0.2) is 0 Å². The summed E-state index contributed by atoms with van der Waals surface area (Å²) in [5.41, 5.74) is 6.27. The Morgan fingerprint density at radius 3 is 2.33 bits per heavy atom. The van der Waals surface area contributed by atoms with Crippen LogP contribution in [0.2, 0.25) is 0 Å². The predicted octanol–water partition coefficient (Wildman–Crippen LogP) is 3.68. The Bertz CT molecular complexity index is 456. The molecule has 2 nitrogen and oxygen atoms in total. The zero-order valence-corrected chi connectivity index (χ0v) is 12.5. The van der Waals surface area contributed by atoms with Crippen LogP contribution < -0.4 is 5.73 Å². The van der Waals surface area contributed by atoms with E-state index in [0.717, 1.165) is 43.1 Å². The SMILES string of the molecule is CC1CCN(CC(N)c2ccc(C(F)(F)F)cc2)CC1C. The lowest BCUT2D eigenvalue weighted by Gasteiger charge is -2.36. The van der Waals surface area contributed by atoms with Crippen LogP contribution in [-0.4, -0.2) is 24.5 Å². The summed E-state index contributed by atoms with van der Waals surface area (Å²) in [6.45, 7) is 7.22. The molecule has 0 bridgehead atoms. The van der Waals surface area contributed by atoms with Crippen LogP contribution >= 0.6 is 0 Å². The number of likely N-dealkylation sites (tertiary alicyclic amines) is 1. The molecule has 21 heavy (non-hydrogen) atoms. The number of piperidine rings is 1. The van der Waals surface area contributed by atoms with E-state index in [1.54, 1.807) is 0 Å². The third kappa shape index (κ3) is 4.20. The van der Waals surface area contributed by atoms with Gasteiger partial charge in [-0.3, -0.25) is 0 Å². The molecule has 0 aromatic heterocycles. The van der Waals surface area contributed by atoms with Crippen molar-refractivity contribution in [1.29, 1.82) is 0 Å². The standard InChI is InChI=1S/C16H23F3N2/c1-11-7-8-21(9-12(11)2)10-15(20)13-3-5-14(6-4-13)16(17,18)19/h3-6,11-12,15H,7-10,20H2,1-2H3. The van der Waals surface area contributed by atoms with Crippen molar-refractivity contribution in [3.05, 3.63) is 35.4 Å². The number of hydrogen-bond acceptors (Lipinski definition) is 2. The Balaban J connectivity index is 1.96. The highest BCUT2D eigenvalue weighted by Crippen LogP contribution is 2.30. The van der Waals surface area contributed by atoms with Gasteiger partial charge in [0.25, 0.3) is 0 Å². The number of nitrogens with two attached hydrogens (primary N) is 1. The van der Waals surface area contributed by atoms with E-state index >= 15 is 0 Å². The lowest BCUT2D eigenvalue weighted by Crippen LogP contribution is -2.41. The molecule has 3 atom stereocenters. The van der Waals surface area contributed by atoms with Crippen molar-refractivity contribution < 1.29 is 13.2 Å². The van der Waals surface area contributed by atoms with Crippen molar-refractivity contribution in [2.24, 2.45) is 17.6 Å². The molecule has 3 unspecified atom stereocenters. The second-order valence-electron chi connectivity index (χ2n) is 6.23. The molecular weight excluding hydrogens is 277 g/mol. The molecule has 0 saturated carbocycles. The minimum Gasteiger partial charge on any atom is -0.323 e. The van der Waals surface area contributed by atoms with Crippen molar-refractivity contribution in [3.63, 3.8) is 0 Å². The molecule has 0 amide bonds. The highest BCUT2D eigenvalue weighted by Gasteiger charge is 2.30. The van der Waals surface area contributed by atoms with Crippen LogP contribution in [0.15, 0.2) is 24.3 Å². The van der Waals surface area contributed by atoms with Gasteiger partial charge < -0.3 is 10.6 Å². The lowest BCUT2D eigenvalue weighted by molar-refractivity contribution is -0.137. The van der Waals surface area contributed by atoms with Crippen LogP contribution in [0.3, 0.4) is 0 Å². The first-order valence-electron chi connectivity index (χ1n) is 7.42. The van der Waals surface area contributed by atoms with Crippen molar-refractivity contribution in [2.45, 2.75) is 32.5 Å². The summed E-state index contributed by atoms with van der Waals surface area (Å²) < 4.78 is 37.6. The summed E-state index contributed by atoms with van der Waals surface area (Å²) in [5.74, 6) is 1.36. The first kappa shape index (κ1) is 16.3. The monoisotopic (exact) mass is 300 g/mol.